The molecular weight excluding hydrogens is 174 g/mol. The molecule has 1 aromatic heterocycles. The quantitative estimate of drug-likeness (QED) is 0.759. The van der Waals surface area contributed by atoms with Crippen LogP contribution < -0.4 is 11.1 Å². The second-order valence-corrected chi connectivity index (χ2v) is 4.22. The van der Waals surface area contributed by atoms with Gasteiger partial charge >= 0.3 is 0 Å². The van der Waals surface area contributed by atoms with Crippen molar-refractivity contribution >= 4 is 5.82 Å². The number of hydrogen-bond acceptors (Lipinski definition) is 3. The first-order valence-electron chi connectivity index (χ1n) is 5.12. The van der Waals surface area contributed by atoms with E-state index in [4.69, 9.17) is 5.73 Å². The first-order valence-corrected chi connectivity index (χ1v) is 5.12. The predicted molar refractivity (Wildman–Crippen MR) is 58.2 cm³/mol. The minimum absolute atomic E-state index is 0.366. The van der Waals surface area contributed by atoms with Crippen molar-refractivity contribution in [3.8, 4) is 0 Å². The fourth-order valence-electron chi connectivity index (χ4n) is 1.55. The van der Waals surface area contributed by atoms with Crippen molar-refractivity contribution in [2.24, 2.45) is 11.1 Å². The van der Waals surface area contributed by atoms with Gasteiger partial charge in [0.05, 0.1) is 0 Å². The van der Waals surface area contributed by atoms with E-state index < -0.39 is 0 Å². The molecule has 3 nitrogen and oxygen atoms in total. The Morgan fingerprint density at radius 2 is 2.29 bits per heavy atom. The van der Waals surface area contributed by atoms with Gasteiger partial charge in [0, 0.05) is 12.2 Å². The molecule has 0 aromatic carbocycles. The minimum Gasteiger partial charge on any atom is -0.369 e. The largest absolute Gasteiger partial charge is 0.369 e. The fourth-order valence-corrected chi connectivity index (χ4v) is 1.55. The normalized spacial score (nSPS) is 17.9. The number of anilines is 1. The zero-order valence-electron chi connectivity index (χ0n) is 8.59. The zero-order valence-corrected chi connectivity index (χ0v) is 8.59. The molecule has 1 aliphatic rings. The van der Waals surface area contributed by atoms with Gasteiger partial charge in [-0.05, 0) is 43.9 Å². The monoisotopic (exact) mass is 191 g/mol. The Morgan fingerprint density at radius 1 is 1.50 bits per heavy atom. The van der Waals surface area contributed by atoms with Gasteiger partial charge < -0.3 is 11.1 Å². The average molecular weight is 191 g/mol. The molecule has 2 rings (SSSR count). The molecule has 1 aromatic rings. The van der Waals surface area contributed by atoms with Gasteiger partial charge in [-0.3, -0.25) is 0 Å². The lowest BCUT2D eigenvalue weighted by Crippen LogP contribution is -2.24. The number of nitrogens with zero attached hydrogens (tertiary/aromatic N) is 1. The van der Waals surface area contributed by atoms with Gasteiger partial charge in [0.25, 0.3) is 0 Å². The van der Waals surface area contributed by atoms with Gasteiger partial charge in [0.15, 0.2) is 0 Å². The van der Waals surface area contributed by atoms with Crippen LogP contribution in [0.4, 0.5) is 5.82 Å². The molecule has 0 atom stereocenters. The average Bonchev–Trinajstić information content (AvgIpc) is 2.96. The Bertz CT molecular complexity index is 318. The molecule has 1 aliphatic carbocycles. The summed E-state index contributed by atoms with van der Waals surface area (Å²) in [6.07, 6.45) is 2.50. The Kier molecular flexibility index (Phi) is 2.42. The lowest BCUT2D eigenvalue weighted by molar-refractivity contribution is 0.555. The van der Waals surface area contributed by atoms with Gasteiger partial charge in [0.1, 0.15) is 5.82 Å². The molecule has 1 heterocycles. The molecule has 76 valence electrons. The zero-order chi connectivity index (χ0) is 10.0. The number of rotatable bonds is 4. The van der Waals surface area contributed by atoms with Crippen LogP contribution in [0.2, 0.25) is 0 Å². The predicted octanol–water partition coefficient (Wildman–Crippen LogP) is 1.54. The lowest BCUT2D eigenvalue weighted by Gasteiger charge is -2.13. The van der Waals surface area contributed by atoms with E-state index in [2.05, 4.69) is 10.3 Å². The van der Waals surface area contributed by atoms with E-state index in [0.717, 1.165) is 24.6 Å². The topological polar surface area (TPSA) is 50.9 Å². The van der Waals surface area contributed by atoms with E-state index in [1.54, 1.807) is 0 Å². The Labute approximate surface area is 84.7 Å². The number of aromatic nitrogens is 1. The van der Waals surface area contributed by atoms with Crippen LogP contribution in [-0.4, -0.2) is 18.1 Å². The van der Waals surface area contributed by atoms with Crippen molar-refractivity contribution in [1.82, 2.24) is 4.98 Å². The van der Waals surface area contributed by atoms with E-state index in [0.29, 0.717) is 5.41 Å². The number of hydrogen-bond donors (Lipinski definition) is 2. The highest BCUT2D eigenvalue weighted by atomic mass is 15.0. The summed E-state index contributed by atoms with van der Waals surface area (Å²) in [6, 6.07) is 6.02. The number of nitrogens with two attached hydrogens (primary N) is 1. The van der Waals surface area contributed by atoms with Gasteiger partial charge in [0.2, 0.25) is 0 Å². The second kappa shape index (κ2) is 3.58. The first kappa shape index (κ1) is 9.46. The summed E-state index contributed by atoms with van der Waals surface area (Å²) in [5.41, 5.74) is 7.12. The molecule has 0 aliphatic heterocycles. The molecule has 0 radical (unpaired) electrons. The van der Waals surface area contributed by atoms with Gasteiger partial charge in [-0.15, -0.1) is 0 Å². The van der Waals surface area contributed by atoms with Crippen LogP contribution in [0.1, 0.15) is 18.5 Å². The molecular formula is C11H17N3. The summed E-state index contributed by atoms with van der Waals surface area (Å²) in [4.78, 5) is 4.39. The minimum atomic E-state index is 0.366. The third-order valence-electron chi connectivity index (χ3n) is 2.92. The van der Waals surface area contributed by atoms with Crippen LogP contribution >= 0.6 is 0 Å². The summed E-state index contributed by atoms with van der Waals surface area (Å²) in [6.45, 7) is 3.74. The van der Waals surface area contributed by atoms with E-state index in [1.165, 1.54) is 12.8 Å². The van der Waals surface area contributed by atoms with Gasteiger partial charge in [-0.25, -0.2) is 4.98 Å². The highest BCUT2D eigenvalue weighted by molar-refractivity contribution is 5.35. The standard InChI is InChI=1S/C11H17N3/c1-9-3-2-4-10(14-9)13-8-11(7-12)5-6-11/h2-4H,5-8,12H2,1H3,(H,13,14). The van der Waals surface area contributed by atoms with Crippen LogP contribution in [0.25, 0.3) is 0 Å². The third kappa shape index (κ3) is 2.04. The van der Waals surface area contributed by atoms with Crippen molar-refractivity contribution in [3.05, 3.63) is 23.9 Å². The Morgan fingerprint density at radius 3 is 2.86 bits per heavy atom. The molecule has 0 unspecified atom stereocenters. The van der Waals surface area contributed by atoms with Crippen LogP contribution in [0, 0.1) is 12.3 Å². The van der Waals surface area contributed by atoms with Gasteiger partial charge in [-0.2, -0.15) is 0 Å². The summed E-state index contributed by atoms with van der Waals surface area (Å²) >= 11 is 0. The molecule has 3 N–H and O–H groups in total. The fraction of sp³-hybridized carbons (Fsp3) is 0.545. The summed E-state index contributed by atoms with van der Waals surface area (Å²) in [5.74, 6) is 0.963. The maximum atomic E-state index is 5.70. The smallest absolute Gasteiger partial charge is 0.126 e. The van der Waals surface area contributed by atoms with E-state index in [-0.39, 0.29) is 0 Å². The van der Waals surface area contributed by atoms with Crippen molar-refractivity contribution in [2.45, 2.75) is 19.8 Å². The summed E-state index contributed by atoms with van der Waals surface area (Å²) in [5, 5.41) is 3.35. The number of nitrogens with one attached hydrogen (secondary N) is 1. The third-order valence-corrected chi connectivity index (χ3v) is 2.92. The maximum Gasteiger partial charge on any atom is 0.126 e. The molecule has 0 spiro atoms. The Balaban J connectivity index is 1.92. The highest BCUT2D eigenvalue weighted by Crippen LogP contribution is 2.44. The summed E-state index contributed by atoms with van der Waals surface area (Å²) < 4.78 is 0. The van der Waals surface area contributed by atoms with Gasteiger partial charge in [-0.1, -0.05) is 6.07 Å². The van der Waals surface area contributed by atoms with Crippen LogP contribution in [0.15, 0.2) is 18.2 Å². The van der Waals surface area contributed by atoms with Crippen molar-refractivity contribution < 1.29 is 0 Å². The van der Waals surface area contributed by atoms with Crippen LogP contribution in [0.5, 0.6) is 0 Å². The SMILES string of the molecule is Cc1cccc(NCC2(CN)CC2)n1. The number of aryl methyl sites for hydroxylation is 1. The maximum absolute atomic E-state index is 5.70. The molecule has 3 heteroatoms. The first-order chi connectivity index (χ1) is 6.74. The molecule has 14 heavy (non-hydrogen) atoms. The van der Waals surface area contributed by atoms with E-state index in [1.807, 2.05) is 25.1 Å². The van der Waals surface area contributed by atoms with Crippen LogP contribution in [0.3, 0.4) is 0 Å². The highest BCUT2D eigenvalue weighted by Gasteiger charge is 2.40. The summed E-state index contributed by atoms with van der Waals surface area (Å²) in [7, 11) is 0. The molecule has 0 amide bonds. The molecule has 0 saturated heterocycles. The van der Waals surface area contributed by atoms with Crippen molar-refractivity contribution in [3.63, 3.8) is 0 Å². The second-order valence-electron chi connectivity index (χ2n) is 4.22. The van der Waals surface area contributed by atoms with Crippen LogP contribution in [-0.2, 0) is 0 Å². The number of pyridine rings is 1. The van der Waals surface area contributed by atoms with E-state index in [9.17, 15) is 0 Å². The van der Waals surface area contributed by atoms with Crippen molar-refractivity contribution in [2.75, 3.05) is 18.4 Å². The van der Waals surface area contributed by atoms with E-state index >= 15 is 0 Å². The molecule has 0 bridgehead atoms. The Hall–Kier alpha value is -1.09. The lowest BCUT2D eigenvalue weighted by atomic mass is 10.1. The molecule has 1 saturated carbocycles. The van der Waals surface area contributed by atoms with Crippen molar-refractivity contribution in [1.29, 1.82) is 0 Å². The molecule has 1 fully saturated rings.